The van der Waals surface area contributed by atoms with Crippen LogP contribution in [0.1, 0.15) is 16.1 Å². The van der Waals surface area contributed by atoms with Crippen molar-refractivity contribution in [1.82, 2.24) is 9.78 Å². The number of aromatic nitrogens is 2. The van der Waals surface area contributed by atoms with Crippen molar-refractivity contribution in [1.29, 1.82) is 0 Å². The third-order valence-corrected chi connectivity index (χ3v) is 2.84. The van der Waals surface area contributed by atoms with Crippen LogP contribution in [-0.2, 0) is 11.8 Å². The number of hydrogen-bond donors (Lipinski definition) is 0. The van der Waals surface area contributed by atoms with E-state index in [1.54, 1.807) is 30.8 Å². The van der Waals surface area contributed by atoms with Gasteiger partial charge in [0.1, 0.15) is 17.1 Å². The second-order valence-electron chi connectivity index (χ2n) is 3.93. The molecule has 0 aliphatic heterocycles. The van der Waals surface area contributed by atoms with Gasteiger partial charge >= 0.3 is 5.97 Å². The maximum absolute atomic E-state index is 12.9. The monoisotopic (exact) mass is 248 g/mol. The van der Waals surface area contributed by atoms with Crippen LogP contribution in [-0.4, -0.2) is 22.9 Å². The smallest absolute Gasteiger partial charge is 0.342 e. The highest BCUT2D eigenvalue weighted by atomic mass is 19.1. The first kappa shape index (κ1) is 12.3. The summed E-state index contributed by atoms with van der Waals surface area (Å²) in [6.45, 7) is 1.78. The molecular formula is C13H13FN2O2. The van der Waals surface area contributed by atoms with Crippen LogP contribution in [0.15, 0.2) is 24.3 Å². The molecule has 0 unspecified atom stereocenters. The first-order valence-corrected chi connectivity index (χ1v) is 5.42. The molecule has 18 heavy (non-hydrogen) atoms. The Morgan fingerprint density at radius 1 is 1.33 bits per heavy atom. The van der Waals surface area contributed by atoms with Gasteiger partial charge < -0.3 is 4.74 Å². The number of nitrogens with zero attached hydrogens (tertiary/aromatic N) is 2. The number of carbonyl (C=O) groups excluding carboxylic acids is 1. The molecule has 0 atom stereocenters. The van der Waals surface area contributed by atoms with E-state index in [0.717, 1.165) is 0 Å². The van der Waals surface area contributed by atoms with Crippen molar-refractivity contribution >= 4 is 5.97 Å². The summed E-state index contributed by atoms with van der Waals surface area (Å²) in [5.41, 5.74) is 2.30. The zero-order chi connectivity index (χ0) is 13.3. The lowest BCUT2D eigenvalue weighted by Gasteiger charge is -2.02. The molecule has 0 aliphatic carbocycles. The van der Waals surface area contributed by atoms with Gasteiger partial charge in [0.15, 0.2) is 0 Å². The summed E-state index contributed by atoms with van der Waals surface area (Å²) in [7, 11) is 3.07. The number of carbonyl (C=O) groups is 1. The summed E-state index contributed by atoms with van der Waals surface area (Å²) in [4.78, 5) is 11.8. The average Bonchev–Trinajstić information content (AvgIpc) is 2.66. The second-order valence-corrected chi connectivity index (χ2v) is 3.93. The van der Waals surface area contributed by atoms with Crippen LogP contribution in [0, 0.1) is 12.7 Å². The molecule has 0 saturated heterocycles. The molecule has 0 radical (unpaired) electrons. The Hall–Kier alpha value is -2.17. The minimum Gasteiger partial charge on any atom is -0.465 e. The predicted octanol–water partition coefficient (Wildman–Crippen LogP) is 2.32. The molecule has 1 aromatic heterocycles. The lowest BCUT2D eigenvalue weighted by molar-refractivity contribution is 0.0600. The molecule has 2 aromatic rings. The van der Waals surface area contributed by atoms with Crippen molar-refractivity contribution in [2.75, 3.05) is 7.11 Å². The van der Waals surface area contributed by atoms with Crippen LogP contribution < -0.4 is 0 Å². The van der Waals surface area contributed by atoms with Gasteiger partial charge in [-0.25, -0.2) is 9.18 Å². The predicted molar refractivity (Wildman–Crippen MR) is 64.7 cm³/mol. The molecule has 0 fully saturated rings. The van der Waals surface area contributed by atoms with Gasteiger partial charge in [-0.3, -0.25) is 4.68 Å². The molecule has 5 heteroatoms. The molecule has 0 spiro atoms. The number of methoxy groups -OCH3 is 1. The first-order chi connectivity index (χ1) is 8.54. The summed E-state index contributed by atoms with van der Waals surface area (Å²) in [6, 6.07) is 5.84. The van der Waals surface area contributed by atoms with E-state index in [1.165, 1.54) is 19.2 Å². The van der Waals surface area contributed by atoms with Gasteiger partial charge in [-0.15, -0.1) is 0 Å². The molecule has 0 saturated carbocycles. The van der Waals surface area contributed by atoms with Crippen molar-refractivity contribution in [3.63, 3.8) is 0 Å². The Morgan fingerprint density at radius 2 is 1.94 bits per heavy atom. The number of hydrogen-bond acceptors (Lipinski definition) is 3. The molecule has 1 aromatic carbocycles. The maximum Gasteiger partial charge on any atom is 0.342 e. The normalized spacial score (nSPS) is 10.4. The molecule has 0 bridgehead atoms. The third kappa shape index (κ3) is 1.99. The largest absolute Gasteiger partial charge is 0.465 e. The maximum atomic E-state index is 12.9. The number of aryl methyl sites for hydroxylation is 1. The molecule has 94 valence electrons. The zero-order valence-corrected chi connectivity index (χ0v) is 10.4. The summed E-state index contributed by atoms with van der Waals surface area (Å²) in [6.07, 6.45) is 0. The SMILES string of the molecule is COC(=O)c1c(-c2ccc(F)cc2)nn(C)c1C. The lowest BCUT2D eigenvalue weighted by atomic mass is 10.1. The van der Waals surface area contributed by atoms with Crippen molar-refractivity contribution in [2.24, 2.45) is 7.05 Å². The van der Waals surface area contributed by atoms with Crippen molar-refractivity contribution < 1.29 is 13.9 Å². The first-order valence-electron chi connectivity index (χ1n) is 5.42. The van der Waals surface area contributed by atoms with E-state index in [2.05, 4.69) is 5.10 Å². The molecule has 1 heterocycles. The lowest BCUT2D eigenvalue weighted by Crippen LogP contribution is -2.04. The van der Waals surface area contributed by atoms with E-state index in [-0.39, 0.29) is 5.82 Å². The fourth-order valence-electron chi connectivity index (χ4n) is 1.76. The van der Waals surface area contributed by atoms with E-state index >= 15 is 0 Å². The Morgan fingerprint density at radius 3 is 2.50 bits per heavy atom. The number of benzene rings is 1. The summed E-state index contributed by atoms with van der Waals surface area (Å²) < 4.78 is 19.2. The van der Waals surface area contributed by atoms with Crippen LogP contribution >= 0.6 is 0 Å². The van der Waals surface area contributed by atoms with E-state index in [1.807, 2.05) is 0 Å². The fraction of sp³-hybridized carbons (Fsp3) is 0.231. The van der Waals surface area contributed by atoms with Crippen LogP contribution in [0.25, 0.3) is 11.3 Å². The van der Waals surface area contributed by atoms with Gasteiger partial charge in [-0.2, -0.15) is 5.10 Å². The highest BCUT2D eigenvalue weighted by Crippen LogP contribution is 2.25. The van der Waals surface area contributed by atoms with Gasteiger partial charge in [-0.1, -0.05) is 0 Å². The van der Waals surface area contributed by atoms with E-state index in [4.69, 9.17) is 4.74 Å². The Balaban J connectivity index is 2.60. The van der Waals surface area contributed by atoms with Crippen molar-refractivity contribution in [3.05, 3.63) is 41.3 Å². The van der Waals surface area contributed by atoms with Crippen LogP contribution in [0.5, 0.6) is 0 Å². The summed E-state index contributed by atoms with van der Waals surface area (Å²) in [5, 5.41) is 4.27. The molecule has 0 amide bonds. The van der Waals surface area contributed by atoms with Crippen LogP contribution in [0.2, 0.25) is 0 Å². The average molecular weight is 248 g/mol. The number of esters is 1. The standard InChI is InChI=1S/C13H13FN2O2/c1-8-11(13(17)18-3)12(15-16(8)2)9-4-6-10(14)7-5-9/h4-7H,1-3H3. The van der Waals surface area contributed by atoms with Gasteiger partial charge in [0.2, 0.25) is 0 Å². The summed E-state index contributed by atoms with van der Waals surface area (Å²) in [5.74, 6) is -0.772. The Bertz CT molecular complexity index is 588. The molecule has 2 rings (SSSR count). The van der Waals surface area contributed by atoms with Crippen molar-refractivity contribution in [2.45, 2.75) is 6.92 Å². The third-order valence-electron chi connectivity index (χ3n) is 2.84. The van der Waals surface area contributed by atoms with Gasteiger partial charge in [0.25, 0.3) is 0 Å². The van der Waals surface area contributed by atoms with E-state index in [9.17, 15) is 9.18 Å². The minimum atomic E-state index is -0.445. The minimum absolute atomic E-state index is 0.328. The fourth-order valence-corrected chi connectivity index (χ4v) is 1.76. The molecule has 0 N–H and O–H groups in total. The highest BCUT2D eigenvalue weighted by molar-refractivity contribution is 5.97. The van der Waals surface area contributed by atoms with Gasteiger partial charge in [0, 0.05) is 12.6 Å². The zero-order valence-electron chi connectivity index (χ0n) is 10.4. The van der Waals surface area contributed by atoms with Gasteiger partial charge in [-0.05, 0) is 31.2 Å². The molecular weight excluding hydrogens is 235 g/mol. The Kier molecular flexibility index (Phi) is 3.14. The Labute approximate surface area is 104 Å². The highest BCUT2D eigenvalue weighted by Gasteiger charge is 2.21. The topological polar surface area (TPSA) is 44.1 Å². The van der Waals surface area contributed by atoms with Crippen molar-refractivity contribution in [3.8, 4) is 11.3 Å². The van der Waals surface area contributed by atoms with Crippen LogP contribution in [0.3, 0.4) is 0 Å². The quantitative estimate of drug-likeness (QED) is 0.766. The molecule has 4 nitrogen and oxygen atoms in total. The number of halogens is 1. The van der Waals surface area contributed by atoms with Crippen LogP contribution in [0.4, 0.5) is 4.39 Å². The summed E-state index contributed by atoms with van der Waals surface area (Å²) >= 11 is 0. The van der Waals surface area contributed by atoms with E-state index < -0.39 is 5.97 Å². The van der Waals surface area contributed by atoms with Gasteiger partial charge in [0.05, 0.1) is 12.8 Å². The molecule has 0 aliphatic rings. The number of rotatable bonds is 2. The number of ether oxygens (including phenoxy) is 1. The second kappa shape index (κ2) is 4.60. The van der Waals surface area contributed by atoms with E-state index in [0.29, 0.717) is 22.5 Å².